The Labute approximate surface area is 322 Å². The van der Waals surface area contributed by atoms with Gasteiger partial charge in [-0.05, 0) is 98.8 Å². The molecule has 0 amide bonds. The molecule has 11 aromatic rings. The Morgan fingerprint density at radius 1 is 0.364 bits per heavy atom. The summed E-state index contributed by atoms with van der Waals surface area (Å²) < 4.78 is 8.85. The molecule has 0 bridgehead atoms. The maximum atomic E-state index is 6.29. The van der Waals surface area contributed by atoms with Gasteiger partial charge in [0.1, 0.15) is 11.2 Å². The largest absolute Gasteiger partial charge is 0.456 e. The third-order valence-electron chi connectivity index (χ3n) is 10.9. The summed E-state index contributed by atoms with van der Waals surface area (Å²) in [6, 6.07) is 72.3. The SMILES string of the molecule is c1ccc(-c2ccc(N(c3ccc(-c4cccc5ccccc45)c(-c4ccc5oc6ccccc6c5c4)c3)c3cccc4c3sc3ccccc34)cc2)cc1. The smallest absolute Gasteiger partial charge is 0.135 e. The third kappa shape index (κ3) is 5.32. The van der Waals surface area contributed by atoms with Gasteiger partial charge in [0.25, 0.3) is 0 Å². The van der Waals surface area contributed by atoms with Crippen molar-refractivity contribution in [2.45, 2.75) is 0 Å². The molecule has 2 aromatic heterocycles. The van der Waals surface area contributed by atoms with E-state index in [0.29, 0.717) is 0 Å². The fourth-order valence-electron chi connectivity index (χ4n) is 8.27. The van der Waals surface area contributed by atoms with Crippen LogP contribution in [0.5, 0.6) is 0 Å². The zero-order valence-corrected chi connectivity index (χ0v) is 30.6. The number of para-hydroxylation sites is 1. The van der Waals surface area contributed by atoms with Crippen molar-refractivity contribution in [3.63, 3.8) is 0 Å². The van der Waals surface area contributed by atoms with Crippen molar-refractivity contribution < 1.29 is 4.42 Å². The zero-order chi connectivity index (χ0) is 36.3. The Morgan fingerprint density at radius 2 is 1.02 bits per heavy atom. The van der Waals surface area contributed by atoms with Gasteiger partial charge >= 0.3 is 0 Å². The lowest BCUT2D eigenvalue weighted by atomic mass is 9.90. The topological polar surface area (TPSA) is 16.4 Å². The summed E-state index contributed by atoms with van der Waals surface area (Å²) >= 11 is 1.86. The highest BCUT2D eigenvalue weighted by molar-refractivity contribution is 7.26. The molecular weight excluding hydrogens is 687 g/mol. The first kappa shape index (κ1) is 31.6. The predicted octanol–water partition coefficient (Wildman–Crippen LogP) is 15.6. The fraction of sp³-hybridized carbons (Fsp3) is 0. The Balaban J connectivity index is 1.17. The molecule has 0 saturated heterocycles. The van der Waals surface area contributed by atoms with Crippen LogP contribution in [0, 0.1) is 0 Å². The summed E-state index contributed by atoms with van der Waals surface area (Å²) in [6.45, 7) is 0. The number of anilines is 3. The Kier molecular flexibility index (Phi) is 7.39. The lowest BCUT2D eigenvalue weighted by molar-refractivity contribution is 0.669. The van der Waals surface area contributed by atoms with Gasteiger partial charge < -0.3 is 9.32 Å². The lowest BCUT2D eigenvalue weighted by Gasteiger charge is -2.27. The van der Waals surface area contributed by atoms with Gasteiger partial charge in [0.2, 0.25) is 0 Å². The van der Waals surface area contributed by atoms with Crippen molar-refractivity contribution in [2.75, 3.05) is 4.90 Å². The molecular formula is C52H33NOS. The number of benzene rings is 9. The molecule has 0 atom stereocenters. The minimum Gasteiger partial charge on any atom is -0.456 e. The Morgan fingerprint density at radius 3 is 1.91 bits per heavy atom. The van der Waals surface area contributed by atoms with Crippen LogP contribution in [0.3, 0.4) is 0 Å². The van der Waals surface area contributed by atoms with Gasteiger partial charge in [0.05, 0.1) is 10.4 Å². The van der Waals surface area contributed by atoms with E-state index in [-0.39, 0.29) is 0 Å². The monoisotopic (exact) mass is 719 g/mol. The highest BCUT2D eigenvalue weighted by atomic mass is 32.1. The van der Waals surface area contributed by atoms with Crippen LogP contribution in [-0.2, 0) is 0 Å². The molecule has 0 aliphatic heterocycles. The molecule has 9 aromatic carbocycles. The number of hydrogen-bond acceptors (Lipinski definition) is 3. The second-order valence-electron chi connectivity index (χ2n) is 14.1. The van der Waals surface area contributed by atoms with Crippen molar-refractivity contribution in [1.82, 2.24) is 0 Å². The van der Waals surface area contributed by atoms with E-state index in [1.165, 1.54) is 53.2 Å². The number of thiophene rings is 1. The molecule has 2 nitrogen and oxygen atoms in total. The zero-order valence-electron chi connectivity index (χ0n) is 29.8. The maximum absolute atomic E-state index is 6.29. The van der Waals surface area contributed by atoms with Gasteiger partial charge in [0.15, 0.2) is 0 Å². The van der Waals surface area contributed by atoms with E-state index in [0.717, 1.165) is 50.1 Å². The van der Waals surface area contributed by atoms with Gasteiger partial charge in [-0.3, -0.25) is 0 Å². The van der Waals surface area contributed by atoms with Gasteiger partial charge in [-0.15, -0.1) is 11.3 Å². The number of furan rings is 1. The van der Waals surface area contributed by atoms with Crippen LogP contribution < -0.4 is 4.90 Å². The van der Waals surface area contributed by atoms with Crippen LogP contribution in [0.1, 0.15) is 0 Å². The van der Waals surface area contributed by atoms with Crippen LogP contribution in [-0.4, -0.2) is 0 Å². The summed E-state index contributed by atoms with van der Waals surface area (Å²) in [5, 5.41) is 7.26. The molecule has 258 valence electrons. The molecule has 0 aliphatic rings. The van der Waals surface area contributed by atoms with E-state index in [1.54, 1.807) is 0 Å². The van der Waals surface area contributed by atoms with Crippen molar-refractivity contribution in [1.29, 1.82) is 0 Å². The summed E-state index contributed by atoms with van der Waals surface area (Å²) in [4.78, 5) is 2.44. The van der Waals surface area contributed by atoms with Crippen LogP contribution in [0.4, 0.5) is 17.1 Å². The molecule has 0 radical (unpaired) electrons. The van der Waals surface area contributed by atoms with Crippen LogP contribution in [0.25, 0.3) is 86.3 Å². The molecule has 0 fully saturated rings. The standard InChI is InChI=1S/C52H33NOS/c1-2-12-34(13-3-1)35-24-27-38(28-25-35)53(48-21-11-20-45-44-18-7-9-23-51(44)55-52(45)48)39-29-30-42(41-19-10-15-36-14-4-5-16-40(36)41)46(33-39)37-26-31-50-47(32-37)43-17-6-8-22-49(43)54-50/h1-33H. The van der Waals surface area contributed by atoms with E-state index < -0.39 is 0 Å². The second kappa shape index (κ2) is 12.9. The van der Waals surface area contributed by atoms with Crippen molar-refractivity contribution in [3.05, 3.63) is 200 Å². The van der Waals surface area contributed by atoms with Gasteiger partial charge in [-0.1, -0.05) is 146 Å². The average Bonchev–Trinajstić information content (AvgIpc) is 3.83. The molecule has 11 rings (SSSR count). The highest BCUT2D eigenvalue weighted by Gasteiger charge is 2.21. The highest BCUT2D eigenvalue weighted by Crippen LogP contribution is 2.47. The lowest BCUT2D eigenvalue weighted by Crippen LogP contribution is -2.10. The molecule has 0 N–H and O–H groups in total. The summed E-state index contributed by atoms with van der Waals surface area (Å²) in [6.07, 6.45) is 0. The fourth-order valence-corrected chi connectivity index (χ4v) is 9.47. The first-order chi connectivity index (χ1) is 27.3. The molecule has 0 unspecified atom stereocenters. The first-order valence-electron chi connectivity index (χ1n) is 18.7. The number of hydrogen-bond donors (Lipinski definition) is 0. The third-order valence-corrected chi connectivity index (χ3v) is 12.1. The molecule has 0 aliphatic carbocycles. The van der Waals surface area contributed by atoms with Crippen LogP contribution >= 0.6 is 11.3 Å². The van der Waals surface area contributed by atoms with E-state index in [4.69, 9.17) is 4.42 Å². The average molecular weight is 720 g/mol. The Bertz CT molecular complexity index is 3200. The van der Waals surface area contributed by atoms with Gasteiger partial charge in [-0.2, -0.15) is 0 Å². The quantitative estimate of drug-likeness (QED) is 0.170. The molecule has 0 saturated carbocycles. The predicted molar refractivity (Wildman–Crippen MR) is 235 cm³/mol. The van der Waals surface area contributed by atoms with Gasteiger partial charge in [-0.25, -0.2) is 0 Å². The van der Waals surface area contributed by atoms with E-state index in [9.17, 15) is 0 Å². The number of nitrogens with zero attached hydrogens (tertiary/aromatic N) is 1. The van der Waals surface area contributed by atoms with Crippen LogP contribution in [0.15, 0.2) is 205 Å². The molecule has 2 heterocycles. The number of fused-ring (bicyclic) bond motifs is 7. The number of rotatable bonds is 6. The van der Waals surface area contributed by atoms with Gasteiger partial charge in [0, 0.05) is 37.6 Å². The second-order valence-corrected chi connectivity index (χ2v) is 15.1. The van der Waals surface area contributed by atoms with Crippen molar-refractivity contribution >= 4 is 81.3 Å². The minimum absolute atomic E-state index is 0.893. The van der Waals surface area contributed by atoms with Crippen LogP contribution in [0.2, 0.25) is 0 Å². The van der Waals surface area contributed by atoms with E-state index >= 15 is 0 Å². The van der Waals surface area contributed by atoms with E-state index in [1.807, 2.05) is 23.5 Å². The molecule has 55 heavy (non-hydrogen) atoms. The molecule has 0 spiro atoms. The maximum Gasteiger partial charge on any atom is 0.135 e. The van der Waals surface area contributed by atoms with Crippen molar-refractivity contribution in [3.8, 4) is 33.4 Å². The normalized spacial score (nSPS) is 11.6. The molecule has 3 heteroatoms. The first-order valence-corrected chi connectivity index (χ1v) is 19.5. The summed E-state index contributed by atoms with van der Waals surface area (Å²) in [5.74, 6) is 0. The summed E-state index contributed by atoms with van der Waals surface area (Å²) in [5.41, 5.74) is 12.2. The van der Waals surface area contributed by atoms with E-state index in [2.05, 4.69) is 193 Å². The summed E-state index contributed by atoms with van der Waals surface area (Å²) in [7, 11) is 0. The van der Waals surface area contributed by atoms with Crippen molar-refractivity contribution in [2.24, 2.45) is 0 Å². The minimum atomic E-state index is 0.893. The Hall–Kier alpha value is -6.94.